The van der Waals surface area contributed by atoms with Crippen LogP contribution in [0.25, 0.3) is 0 Å². The molecule has 19 heavy (non-hydrogen) atoms. The van der Waals surface area contributed by atoms with Crippen molar-refractivity contribution in [2.75, 3.05) is 5.32 Å². The lowest BCUT2D eigenvalue weighted by atomic mass is 9.74. The number of phenolic OH excluding ortho intramolecular Hbond substituents is 1. The lowest BCUT2D eigenvalue weighted by Gasteiger charge is -2.37. The van der Waals surface area contributed by atoms with Gasteiger partial charge in [-0.3, -0.25) is 0 Å². The number of benzene rings is 2. The van der Waals surface area contributed by atoms with Gasteiger partial charge in [0.25, 0.3) is 0 Å². The minimum absolute atomic E-state index is 0.319. The second kappa shape index (κ2) is 4.96. The van der Waals surface area contributed by atoms with Crippen molar-refractivity contribution in [2.45, 2.75) is 31.7 Å². The van der Waals surface area contributed by atoms with Crippen LogP contribution in [0.15, 0.2) is 48.5 Å². The average Bonchev–Trinajstić information content (AvgIpc) is 2.35. The molecule has 0 atom stereocenters. The summed E-state index contributed by atoms with van der Waals surface area (Å²) in [5.74, 6) is 0.996. The summed E-state index contributed by atoms with van der Waals surface area (Å²) in [7, 11) is 0. The van der Waals surface area contributed by atoms with E-state index < -0.39 is 0 Å². The van der Waals surface area contributed by atoms with E-state index in [1.165, 1.54) is 24.0 Å². The van der Waals surface area contributed by atoms with Crippen LogP contribution in [0, 0.1) is 6.92 Å². The van der Waals surface area contributed by atoms with Gasteiger partial charge in [-0.2, -0.15) is 0 Å². The van der Waals surface area contributed by atoms with Crippen LogP contribution in [0.5, 0.6) is 5.75 Å². The second-order valence-electron chi connectivity index (χ2n) is 5.42. The Morgan fingerprint density at radius 3 is 2.58 bits per heavy atom. The number of aryl methyl sites for hydroxylation is 1. The summed E-state index contributed by atoms with van der Waals surface area (Å²) in [5, 5.41) is 12.9. The van der Waals surface area contributed by atoms with Gasteiger partial charge in [0.2, 0.25) is 0 Å². The maximum atomic E-state index is 9.44. The van der Waals surface area contributed by atoms with Gasteiger partial charge < -0.3 is 10.4 Å². The Morgan fingerprint density at radius 1 is 1.05 bits per heavy atom. The zero-order valence-electron chi connectivity index (χ0n) is 11.1. The molecule has 0 heterocycles. The van der Waals surface area contributed by atoms with Crippen LogP contribution in [-0.4, -0.2) is 11.1 Å². The molecule has 0 radical (unpaired) electrons. The lowest BCUT2D eigenvalue weighted by Crippen LogP contribution is -2.34. The smallest absolute Gasteiger partial charge is 0.117 e. The van der Waals surface area contributed by atoms with Gasteiger partial charge in [-0.15, -0.1) is 0 Å². The van der Waals surface area contributed by atoms with Gasteiger partial charge in [-0.1, -0.05) is 30.3 Å². The zero-order chi connectivity index (χ0) is 13.2. The predicted molar refractivity (Wildman–Crippen MR) is 78.7 cm³/mol. The number of aromatic hydroxyl groups is 1. The van der Waals surface area contributed by atoms with E-state index in [2.05, 4.69) is 36.5 Å². The minimum Gasteiger partial charge on any atom is -0.508 e. The first kappa shape index (κ1) is 12.1. The van der Waals surface area contributed by atoms with Crippen molar-refractivity contribution >= 4 is 5.69 Å². The third kappa shape index (κ3) is 2.58. The highest BCUT2D eigenvalue weighted by molar-refractivity contribution is 5.49. The van der Waals surface area contributed by atoms with Crippen LogP contribution in [0.1, 0.15) is 29.9 Å². The second-order valence-corrected chi connectivity index (χ2v) is 5.42. The van der Waals surface area contributed by atoms with Crippen LogP contribution in [-0.2, 0) is 0 Å². The van der Waals surface area contributed by atoms with E-state index >= 15 is 0 Å². The SMILES string of the molecule is Cc1ccccc1C1CC(Nc2cccc(O)c2)C1. The van der Waals surface area contributed by atoms with E-state index in [0.717, 1.165) is 5.69 Å². The number of nitrogens with one attached hydrogen (secondary N) is 1. The summed E-state index contributed by atoms with van der Waals surface area (Å²) in [5.41, 5.74) is 3.88. The number of hydrogen-bond acceptors (Lipinski definition) is 2. The topological polar surface area (TPSA) is 32.3 Å². The number of anilines is 1. The first-order valence-electron chi connectivity index (χ1n) is 6.83. The van der Waals surface area contributed by atoms with Gasteiger partial charge in [0, 0.05) is 17.8 Å². The highest BCUT2D eigenvalue weighted by Gasteiger charge is 2.30. The van der Waals surface area contributed by atoms with Crippen LogP contribution in [0.4, 0.5) is 5.69 Å². The van der Waals surface area contributed by atoms with E-state index in [9.17, 15) is 5.11 Å². The summed E-state index contributed by atoms with van der Waals surface area (Å²) in [6.07, 6.45) is 2.33. The monoisotopic (exact) mass is 253 g/mol. The number of rotatable bonds is 3. The Bertz CT molecular complexity index is 573. The third-order valence-electron chi connectivity index (χ3n) is 3.98. The molecule has 2 aromatic carbocycles. The molecule has 2 nitrogen and oxygen atoms in total. The van der Waals surface area contributed by atoms with Gasteiger partial charge in [-0.25, -0.2) is 0 Å². The van der Waals surface area contributed by atoms with Crippen LogP contribution < -0.4 is 5.32 Å². The molecule has 2 N–H and O–H groups in total. The highest BCUT2D eigenvalue weighted by atomic mass is 16.3. The molecule has 1 saturated carbocycles. The fourth-order valence-corrected chi connectivity index (χ4v) is 2.87. The summed E-state index contributed by atoms with van der Waals surface area (Å²) in [4.78, 5) is 0. The quantitative estimate of drug-likeness (QED) is 0.864. The fourth-order valence-electron chi connectivity index (χ4n) is 2.87. The summed E-state index contributed by atoms with van der Waals surface area (Å²) >= 11 is 0. The van der Waals surface area contributed by atoms with Crippen molar-refractivity contribution in [2.24, 2.45) is 0 Å². The van der Waals surface area contributed by atoms with Crippen LogP contribution >= 0.6 is 0 Å². The molecule has 1 aliphatic rings. The maximum Gasteiger partial charge on any atom is 0.117 e. The molecule has 0 bridgehead atoms. The summed E-state index contributed by atoms with van der Waals surface area (Å²) in [6, 6.07) is 16.5. The summed E-state index contributed by atoms with van der Waals surface area (Å²) in [6.45, 7) is 2.19. The van der Waals surface area contributed by atoms with Gasteiger partial charge in [0.1, 0.15) is 5.75 Å². The van der Waals surface area contributed by atoms with Crippen molar-refractivity contribution in [1.82, 2.24) is 0 Å². The molecule has 1 aliphatic carbocycles. The summed E-state index contributed by atoms with van der Waals surface area (Å²) < 4.78 is 0. The van der Waals surface area contributed by atoms with Gasteiger partial charge >= 0.3 is 0 Å². The van der Waals surface area contributed by atoms with Crippen molar-refractivity contribution in [3.05, 3.63) is 59.7 Å². The number of phenols is 1. The van der Waals surface area contributed by atoms with Gasteiger partial charge in [0.05, 0.1) is 0 Å². The molecule has 0 aromatic heterocycles. The van der Waals surface area contributed by atoms with Crippen molar-refractivity contribution in [3.8, 4) is 5.75 Å². The van der Waals surface area contributed by atoms with Crippen LogP contribution in [0.2, 0.25) is 0 Å². The highest BCUT2D eigenvalue weighted by Crippen LogP contribution is 2.39. The Morgan fingerprint density at radius 2 is 1.84 bits per heavy atom. The molecule has 2 aromatic rings. The van der Waals surface area contributed by atoms with Crippen molar-refractivity contribution in [1.29, 1.82) is 0 Å². The molecular weight excluding hydrogens is 234 g/mol. The first-order valence-corrected chi connectivity index (χ1v) is 6.83. The average molecular weight is 253 g/mol. The molecule has 2 heteroatoms. The molecular formula is C17H19NO. The lowest BCUT2D eigenvalue weighted by molar-refractivity contribution is 0.373. The van der Waals surface area contributed by atoms with Crippen molar-refractivity contribution in [3.63, 3.8) is 0 Å². The first-order chi connectivity index (χ1) is 9.22. The van der Waals surface area contributed by atoms with Gasteiger partial charge in [0.15, 0.2) is 0 Å². The zero-order valence-corrected chi connectivity index (χ0v) is 11.1. The molecule has 3 rings (SSSR count). The van der Waals surface area contributed by atoms with E-state index in [4.69, 9.17) is 0 Å². The number of hydrogen-bond donors (Lipinski definition) is 2. The minimum atomic E-state index is 0.319. The Kier molecular flexibility index (Phi) is 3.16. The van der Waals surface area contributed by atoms with E-state index in [-0.39, 0.29) is 0 Å². The van der Waals surface area contributed by atoms with E-state index in [1.807, 2.05) is 12.1 Å². The largest absolute Gasteiger partial charge is 0.508 e. The van der Waals surface area contributed by atoms with Crippen molar-refractivity contribution < 1.29 is 5.11 Å². The third-order valence-corrected chi connectivity index (χ3v) is 3.98. The molecule has 1 fully saturated rings. The molecule has 0 aliphatic heterocycles. The van der Waals surface area contributed by atoms with Crippen LogP contribution in [0.3, 0.4) is 0 Å². The molecule has 0 spiro atoms. The molecule has 0 unspecified atom stereocenters. The Labute approximate surface area is 114 Å². The normalized spacial score (nSPS) is 21.7. The molecule has 0 saturated heterocycles. The van der Waals surface area contributed by atoms with E-state index in [0.29, 0.717) is 17.7 Å². The van der Waals surface area contributed by atoms with E-state index in [1.54, 1.807) is 12.1 Å². The standard InChI is InChI=1S/C17H19NO/c1-12-5-2-3-8-17(12)13-9-15(10-13)18-14-6-4-7-16(19)11-14/h2-8,11,13,15,18-19H,9-10H2,1H3. The molecule has 0 amide bonds. The predicted octanol–water partition coefficient (Wildman–Crippen LogP) is 4.06. The fraction of sp³-hybridized carbons (Fsp3) is 0.294. The maximum absolute atomic E-state index is 9.44. The Hall–Kier alpha value is -1.96. The Balaban J connectivity index is 1.60. The van der Waals surface area contributed by atoms with Gasteiger partial charge in [-0.05, 0) is 48.9 Å². The molecule has 98 valence electrons.